The highest BCUT2D eigenvalue weighted by Gasteiger charge is 2.10. The number of rotatable bonds is 5. The average Bonchev–Trinajstić information content (AvgIpc) is 2.72. The molecule has 92 valence electrons. The smallest absolute Gasteiger partial charge is 0.227 e. The summed E-state index contributed by atoms with van der Waals surface area (Å²) < 4.78 is 5.67. The van der Waals surface area contributed by atoms with Crippen molar-refractivity contribution in [1.82, 2.24) is 9.97 Å². The molecule has 17 heavy (non-hydrogen) atoms. The van der Waals surface area contributed by atoms with Gasteiger partial charge < -0.3 is 10.5 Å². The molecule has 2 rings (SSSR count). The van der Waals surface area contributed by atoms with Gasteiger partial charge in [-0.1, -0.05) is 20.3 Å². The van der Waals surface area contributed by atoms with Crippen molar-refractivity contribution >= 4 is 27.5 Å². The number of thiophene rings is 1. The van der Waals surface area contributed by atoms with Gasteiger partial charge in [0.15, 0.2) is 0 Å². The molecule has 5 heteroatoms. The van der Waals surface area contributed by atoms with Gasteiger partial charge >= 0.3 is 0 Å². The first kappa shape index (κ1) is 12.1. The molecule has 2 aromatic rings. The van der Waals surface area contributed by atoms with Crippen LogP contribution in [0.3, 0.4) is 0 Å². The van der Waals surface area contributed by atoms with Crippen LogP contribution >= 0.6 is 11.3 Å². The molecule has 0 aliphatic rings. The normalized spacial score (nSPS) is 10.9. The maximum Gasteiger partial charge on any atom is 0.227 e. The van der Waals surface area contributed by atoms with Gasteiger partial charge in [-0.3, -0.25) is 0 Å². The number of aromatic nitrogens is 2. The third-order valence-corrected chi connectivity index (χ3v) is 3.68. The molecule has 0 saturated heterocycles. The van der Waals surface area contributed by atoms with E-state index < -0.39 is 0 Å². The summed E-state index contributed by atoms with van der Waals surface area (Å²) in [6.45, 7) is 4.94. The van der Waals surface area contributed by atoms with E-state index in [1.165, 1.54) is 4.88 Å². The quantitative estimate of drug-likeness (QED) is 0.830. The SMILES string of the molecule is CCCCOc1nc(N)nc2sc(CC)cc12. The van der Waals surface area contributed by atoms with Crippen LogP contribution in [0.5, 0.6) is 5.88 Å². The van der Waals surface area contributed by atoms with E-state index >= 15 is 0 Å². The standard InChI is InChI=1S/C12H17N3OS/c1-3-5-6-16-10-9-7-8(4-2)17-11(9)15-12(13)14-10/h7H,3-6H2,1-2H3,(H2,13,14,15). The lowest BCUT2D eigenvalue weighted by Crippen LogP contribution is -2.02. The molecule has 2 N–H and O–H groups in total. The van der Waals surface area contributed by atoms with Crippen molar-refractivity contribution in [2.45, 2.75) is 33.1 Å². The third-order valence-electron chi connectivity index (χ3n) is 2.51. The predicted octanol–water partition coefficient (Wildman–Crippen LogP) is 3.01. The number of unbranched alkanes of at least 4 members (excludes halogenated alkanes) is 1. The summed E-state index contributed by atoms with van der Waals surface area (Å²) >= 11 is 1.65. The Morgan fingerprint density at radius 1 is 1.35 bits per heavy atom. The largest absolute Gasteiger partial charge is 0.477 e. The van der Waals surface area contributed by atoms with Crippen LogP contribution < -0.4 is 10.5 Å². The van der Waals surface area contributed by atoms with E-state index in [-0.39, 0.29) is 5.95 Å². The van der Waals surface area contributed by atoms with Crippen LogP contribution in [0.4, 0.5) is 5.95 Å². The third kappa shape index (κ3) is 2.66. The van der Waals surface area contributed by atoms with E-state index in [4.69, 9.17) is 10.5 Å². The van der Waals surface area contributed by atoms with Crippen LogP contribution in [0.2, 0.25) is 0 Å². The molecule has 0 aromatic carbocycles. The second-order valence-electron chi connectivity index (χ2n) is 3.87. The van der Waals surface area contributed by atoms with E-state index in [1.807, 2.05) is 0 Å². The zero-order valence-electron chi connectivity index (χ0n) is 10.2. The number of nitrogens with two attached hydrogens (primary N) is 1. The van der Waals surface area contributed by atoms with E-state index in [9.17, 15) is 0 Å². The first-order chi connectivity index (χ1) is 8.24. The van der Waals surface area contributed by atoms with Gasteiger partial charge in [-0.2, -0.15) is 4.98 Å². The minimum Gasteiger partial charge on any atom is -0.477 e. The number of anilines is 1. The van der Waals surface area contributed by atoms with Gasteiger partial charge in [0.05, 0.1) is 12.0 Å². The summed E-state index contributed by atoms with van der Waals surface area (Å²) in [4.78, 5) is 10.6. The van der Waals surface area contributed by atoms with Crippen molar-refractivity contribution in [3.8, 4) is 5.88 Å². The van der Waals surface area contributed by atoms with Gasteiger partial charge in [0.1, 0.15) is 4.83 Å². The highest BCUT2D eigenvalue weighted by Crippen LogP contribution is 2.31. The van der Waals surface area contributed by atoms with Gasteiger partial charge in [0, 0.05) is 4.88 Å². The maximum atomic E-state index is 5.68. The van der Waals surface area contributed by atoms with E-state index in [0.717, 1.165) is 29.5 Å². The molecule has 0 radical (unpaired) electrons. The lowest BCUT2D eigenvalue weighted by molar-refractivity contribution is 0.302. The Morgan fingerprint density at radius 3 is 2.88 bits per heavy atom. The highest BCUT2D eigenvalue weighted by molar-refractivity contribution is 7.18. The minimum absolute atomic E-state index is 0.286. The molecule has 0 spiro atoms. The summed E-state index contributed by atoms with van der Waals surface area (Å²) in [6, 6.07) is 2.10. The van der Waals surface area contributed by atoms with Gasteiger partial charge in [-0.25, -0.2) is 4.98 Å². The predicted molar refractivity (Wildman–Crippen MR) is 71.6 cm³/mol. The zero-order chi connectivity index (χ0) is 12.3. The molecule has 0 saturated carbocycles. The first-order valence-electron chi connectivity index (χ1n) is 5.93. The number of nitrogen functional groups attached to an aromatic ring is 1. The number of nitrogens with zero attached hydrogens (tertiary/aromatic N) is 2. The molecule has 2 aromatic heterocycles. The average molecular weight is 251 g/mol. The number of hydrogen-bond donors (Lipinski definition) is 1. The van der Waals surface area contributed by atoms with E-state index in [2.05, 4.69) is 29.9 Å². The molecule has 0 aliphatic heterocycles. The Kier molecular flexibility index (Phi) is 3.78. The summed E-state index contributed by atoms with van der Waals surface area (Å²) in [7, 11) is 0. The number of fused-ring (bicyclic) bond motifs is 1. The van der Waals surface area contributed by atoms with E-state index in [0.29, 0.717) is 12.5 Å². The molecular formula is C12H17N3OS. The van der Waals surface area contributed by atoms with Crippen LogP contribution in [0, 0.1) is 0 Å². The summed E-state index contributed by atoms with van der Waals surface area (Å²) in [5.74, 6) is 0.908. The van der Waals surface area contributed by atoms with Crippen molar-refractivity contribution < 1.29 is 4.74 Å². The monoisotopic (exact) mass is 251 g/mol. The molecule has 0 unspecified atom stereocenters. The first-order valence-corrected chi connectivity index (χ1v) is 6.75. The van der Waals surface area contributed by atoms with Crippen molar-refractivity contribution in [1.29, 1.82) is 0 Å². The topological polar surface area (TPSA) is 61.0 Å². The second kappa shape index (κ2) is 5.31. The Hall–Kier alpha value is -1.36. The lowest BCUT2D eigenvalue weighted by Gasteiger charge is -2.05. The fourth-order valence-corrected chi connectivity index (χ4v) is 2.52. The Labute approximate surface area is 105 Å². The van der Waals surface area contributed by atoms with Crippen molar-refractivity contribution in [2.24, 2.45) is 0 Å². The number of aryl methyl sites for hydroxylation is 1. The van der Waals surface area contributed by atoms with Gasteiger partial charge in [-0.15, -0.1) is 11.3 Å². The fraction of sp³-hybridized carbons (Fsp3) is 0.500. The Bertz CT molecular complexity index is 510. The lowest BCUT2D eigenvalue weighted by atomic mass is 10.3. The van der Waals surface area contributed by atoms with Crippen LogP contribution in [0.15, 0.2) is 6.07 Å². The molecule has 0 amide bonds. The maximum absolute atomic E-state index is 5.68. The van der Waals surface area contributed by atoms with E-state index in [1.54, 1.807) is 11.3 Å². The van der Waals surface area contributed by atoms with Crippen LogP contribution in [-0.4, -0.2) is 16.6 Å². The second-order valence-corrected chi connectivity index (χ2v) is 4.99. The van der Waals surface area contributed by atoms with Crippen molar-refractivity contribution in [2.75, 3.05) is 12.3 Å². The van der Waals surface area contributed by atoms with Gasteiger partial charge in [0.25, 0.3) is 0 Å². The van der Waals surface area contributed by atoms with Crippen LogP contribution in [0.25, 0.3) is 10.2 Å². The highest BCUT2D eigenvalue weighted by atomic mass is 32.1. The molecule has 0 bridgehead atoms. The number of ether oxygens (including phenoxy) is 1. The molecule has 0 atom stereocenters. The van der Waals surface area contributed by atoms with Gasteiger partial charge in [0.2, 0.25) is 11.8 Å². The van der Waals surface area contributed by atoms with Crippen molar-refractivity contribution in [3.05, 3.63) is 10.9 Å². The molecule has 0 aliphatic carbocycles. The Balaban J connectivity index is 2.34. The van der Waals surface area contributed by atoms with Crippen molar-refractivity contribution in [3.63, 3.8) is 0 Å². The Morgan fingerprint density at radius 2 is 2.18 bits per heavy atom. The number of hydrogen-bond acceptors (Lipinski definition) is 5. The molecule has 2 heterocycles. The molecule has 0 fully saturated rings. The van der Waals surface area contributed by atoms with Crippen LogP contribution in [-0.2, 0) is 6.42 Å². The minimum atomic E-state index is 0.286. The zero-order valence-corrected chi connectivity index (χ0v) is 11.0. The molecule has 4 nitrogen and oxygen atoms in total. The van der Waals surface area contributed by atoms with Crippen LogP contribution in [0.1, 0.15) is 31.6 Å². The summed E-state index contributed by atoms with van der Waals surface area (Å²) in [5, 5.41) is 0.983. The molecular weight excluding hydrogens is 234 g/mol. The summed E-state index contributed by atoms with van der Waals surface area (Å²) in [5.41, 5.74) is 5.68. The van der Waals surface area contributed by atoms with Gasteiger partial charge in [-0.05, 0) is 18.9 Å². The summed E-state index contributed by atoms with van der Waals surface area (Å²) in [6.07, 6.45) is 3.12. The fourth-order valence-electron chi connectivity index (χ4n) is 1.56.